The summed E-state index contributed by atoms with van der Waals surface area (Å²) >= 11 is 0. The molecule has 0 radical (unpaired) electrons. The number of allylic oxidation sites excluding steroid dienone is 2. The van der Waals surface area contributed by atoms with Crippen LogP contribution in [0, 0.1) is 0 Å². The molecule has 3 heteroatoms. The van der Waals surface area contributed by atoms with E-state index in [1.54, 1.807) is 6.92 Å². The lowest BCUT2D eigenvalue weighted by Crippen LogP contribution is -2.31. The highest BCUT2D eigenvalue weighted by Gasteiger charge is 2.03. The molecule has 0 saturated heterocycles. The maximum atomic E-state index is 11.4. The summed E-state index contributed by atoms with van der Waals surface area (Å²) in [7, 11) is 0. The van der Waals surface area contributed by atoms with Gasteiger partial charge < -0.3 is 10.4 Å². The number of amides is 1. The second-order valence-corrected chi connectivity index (χ2v) is 7.99. The molecule has 1 unspecified atom stereocenters. The van der Waals surface area contributed by atoms with Crippen molar-refractivity contribution in [2.45, 2.75) is 136 Å². The normalized spacial score (nSPS) is 12.6. The van der Waals surface area contributed by atoms with Crippen molar-refractivity contribution in [2.75, 3.05) is 0 Å². The van der Waals surface area contributed by atoms with Crippen molar-refractivity contribution < 1.29 is 9.90 Å². The zero-order chi connectivity index (χ0) is 20.0. The summed E-state index contributed by atoms with van der Waals surface area (Å²) in [5, 5.41) is 11.6. The third-order valence-corrected chi connectivity index (χ3v) is 5.04. The summed E-state index contributed by atoms with van der Waals surface area (Å²) in [6.07, 6.45) is 26.8. The Morgan fingerprint density at radius 3 is 1.59 bits per heavy atom. The van der Waals surface area contributed by atoms with Gasteiger partial charge in [0.2, 0.25) is 5.91 Å². The first kappa shape index (κ1) is 26.2. The molecule has 0 aliphatic rings. The summed E-state index contributed by atoms with van der Waals surface area (Å²) in [4.78, 5) is 11.4. The van der Waals surface area contributed by atoms with Crippen LogP contribution < -0.4 is 5.32 Å². The number of aliphatic hydroxyl groups is 1. The molecule has 0 heterocycles. The van der Waals surface area contributed by atoms with Gasteiger partial charge in [-0.25, -0.2) is 0 Å². The smallest absolute Gasteiger partial charge is 0.221 e. The standard InChI is InChI=1S/C24H47NO2/c1-3-4-5-6-7-8-9-10-11-12-13-14-15-16-17-18-19-20-21-22-24(27)25-23(2)26/h10-11,23,26H,3-9,12-22H2,1-2H3,(H,25,27)/b11-10-. The fourth-order valence-electron chi connectivity index (χ4n) is 3.37. The van der Waals surface area contributed by atoms with Crippen LogP contribution >= 0.6 is 0 Å². The molecule has 0 aromatic rings. The minimum absolute atomic E-state index is 0.0361. The minimum Gasteiger partial charge on any atom is -0.374 e. The lowest BCUT2D eigenvalue weighted by molar-refractivity contribution is -0.123. The van der Waals surface area contributed by atoms with Crippen LogP contribution in [-0.2, 0) is 4.79 Å². The summed E-state index contributed by atoms with van der Waals surface area (Å²) in [6.45, 7) is 3.85. The van der Waals surface area contributed by atoms with Crippen LogP contribution in [0.2, 0.25) is 0 Å². The molecule has 3 nitrogen and oxygen atoms in total. The van der Waals surface area contributed by atoms with E-state index in [4.69, 9.17) is 5.11 Å². The molecule has 27 heavy (non-hydrogen) atoms. The molecule has 0 bridgehead atoms. The summed E-state index contributed by atoms with van der Waals surface area (Å²) in [6, 6.07) is 0. The van der Waals surface area contributed by atoms with Crippen molar-refractivity contribution in [1.29, 1.82) is 0 Å². The van der Waals surface area contributed by atoms with Gasteiger partial charge in [-0.3, -0.25) is 4.79 Å². The molecule has 0 aliphatic carbocycles. The van der Waals surface area contributed by atoms with E-state index in [-0.39, 0.29) is 5.91 Å². The zero-order valence-corrected chi connectivity index (χ0v) is 18.3. The van der Waals surface area contributed by atoms with Crippen molar-refractivity contribution in [3.05, 3.63) is 12.2 Å². The van der Waals surface area contributed by atoms with Crippen molar-refractivity contribution in [3.8, 4) is 0 Å². The van der Waals surface area contributed by atoms with Gasteiger partial charge in [-0.2, -0.15) is 0 Å². The van der Waals surface area contributed by atoms with Crippen LogP contribution in [0.4, 0.5) is 0 Å². The summed E-state index contributed by atoms with van der Waals surface area (Å²) < 4.78 is 0. The Balaban J connectivity index is 3.14. The lowest BCUT2D eigenvalue weighted by atomic mass is 10.1. The predicted molar refractivity (Wildman–Crippen MR) is 118 cm³/mol. The largest absolute Gasteiger partial charge is 0.374 e. The zero-order valence-electron chi connectivity index (χ0n) is 18.3. The molecule has 0 aromatic carbocycles. The van der Waals surface area contributed by atoms with Crippen LogP contribution in [-0.4, -0.2) is 17.2 Å². The number of carbonyl (C=O) groups excluding carboxylic acids is 1. The average Bonchev–Trinajstić information content (AvgIpc) is 2.63. The van der Waals surface area contributed by atoms with Crippen molar-refractivity contribution in [1.82, 2.24) is 5.32 Å². The topological polar surface area (TPSA) is 49.3 Å². The van der Waals surface area contributed by atoms with Gasteiger partial charge in [0.05, 0.1) is 0 Å². The third-order valence-electron chi connectivity index (χ3n) is 5.04. The Morgan fingerprint density at radius 1 is 0.741 bits per heavy atom. The van der Waals surface area contributed by atoms with Crippen molar-refractivity contribution in [2.24, 2.45) is 0 Å². The van der Waals surface area contributed by atoms with Gasteiger partial charge in [-0.1, -0.05) is 96.1 Å². The number of aliphatic hydroxyl groups excluding tert-OH is 1. The Morgan fingerprint density at radius 2 is 1.15 bits per heavy atom. The number of nitrogens with one attached hydrogen (secondary N) is 1. The Bertz CT molecular complexity index is 339. The number of unbranched alkanes of at least 4 members (excludes halogenated alkanes) is 15. The summed E-state index contributed by atoms with van der Waals surface area (Å²) in [5.41, 5.74) is 0. The molecule has 2 N–H and O–H groups in total. The van der Waals surface area contributed by atoms with Crippen LogP contribution in [0.5, 0.6) is 0 Å². The van der Waals surface area contributed by atoms with Crippen LogP contribution in [0.3, 0.4) is 0 Å². The van der Waals surface area contributed by atoms with Crippen molar-refractivity contribution in [3.63, 3.8) is 0 Å². The van der Waals surface area contributed by atoms with E-state index in [9.17, 15) is 4.79 Å². The van der Waals surface area contributed by atoms with E-state index >= 15 is 0 Å². The van der Waals surface area contributed by atoms with Gasteiger partial charge in [0.1, 0.15) is 6.23 Å². The number of rotatable bonds is 20. The van der Waals surface area contributed by atoms with Gasteiger partial charge in [-0.15, -0.1) is 0 Å². The van der Waals surface area contributed by atoms with E-state index in [2.05, 4.69) is 24.4 Å². The third kappa shape index (κ3) is 23.1. The van der Waals surface area contributed by atoms with E-state index in [0.29, 0.717) is 6.42 Å². The van der Waals surface area contributed by atoms with Gasteiger partial charge in [0, 0.05) is 6.42 Å². The molecule has 0 aliphatic heterocycles. The number of hydrogen-bond donors (Lipinski definition) is 2. The Labute approximate surface area is 169 Å². The molecular formula is C24H47NO2. The first-order valence-corrected chi connectivity index (χ1v) is 11.8. The van der Waals surface area contributed by atoms with Crippen LogP contribution in [0.15, 0.2) is 12.2 Å². The van der Waals surface area contributed by atoms with E-state index < -0.39 is 6.23 Å². The predicted octanol–water partition coefficient (Wildman–Crippen LogP) is 7.04. The highest BCUT2D eigenvalue weighted by Crippen LogP contribution is 2.12. The number of carbonyl (C=O) groups is 1. The van der Waals surface area contributed by atoms with Gasteiger partial charge >= 0.3 is 0 Å². The maximum Gasteiger partial charge on any atom is 0.221 e. The lowest BCUT2D eigenvalue weighted by Gasteiger charge is -2.07. The average molecular weight is 382 g/mol. The Hall–Kier alpha value is -0.830. The molecule has 0 aromatic heterocycles. The quantitative estimate of drug-likeness (QED) is 0.135. The first-order chi connectivity index (χ1) is 13.2. The van der Waals surface area contributed by atoms with E-state index in [1.165, 1.54) is 96.3 Å². The highest BCUT2D eigenvalue weighted by molar-refractivity contribution is 5.75. The van der Waals surface area contributed by atoms with E-state index in [0.717, 1.165) is 12.8 Å². The molecule has 0 fully saturated rings. The fourth-order valence-corrected chi connectivity index (χ4v) is 3.37. The molecule has 160 valence electrons. The first-order valence-electron chi connectivity index (χ1n) is 11.8. The SMILES string of the molecule is CCCCCCCC/C=C\CCCCCCCCCCCC(=O)NC(C)O. The van der Waals surface area contributed by atoms with Gasteiger partial charge in [0.15, 0.2) is 0 Å². The van der Waals surface area contributed by atoms with Gasteiger partial charge in [-0.05, 0) is 39.0 Å². The molecule has 1 atom stereocenters. The Kier molecular flexibility index (Phi) is 20.8. The maximum absolute atomic E-state index is 11.4. The molecule has 1 amide bonds. The van der Waals surface area contributed by atoms with Crippen molar-refractivity contribution >= 4 is 5.91 Å². The molecule has 0 saturated carbocycles. The molecular weight excluding hydrogens is 334 g/mol. The van der Waals surface area contributed by atoms with Crippen LogP contribution in [0.25, 0.3) is 0 Å². The fraction of sp³-hybridized carbons (Fsp3) is 0.875. The highest BCUT2D eigenvalue weighted by atomic mass is 16.3. The molecule has 0 spiro atoms. The minimum atomic E-state index is -0.728. The monoisotopic (exact) mass is 381 g/mol. The summed E-state index contributed by atoms with van der Waals surface area (Å²) in [5.74, 6) is -0.0361. The van der Waals surface area contributed by atoms with Gasteiger partial charge in [0.25, 0.3) is 0 Å². The molecule has 0 rings (SSSR count). The van der Waals surface area contributed by atoms with E-state index in [1.807, 2.05) is 0 Å². The second-order valence-electron chi connectivity index (χ2n) is 7.99. The second kappa shape index (κ2) is 21.5. The number of hydrogen-bond acceptors (Lipinski definition) is 2. The van der Waals surface area contributed by atoms with Crippen LogP contribution in [0.1, 0.15) is 129 Å².